The van der Waals surface area contributed by atoms with Gasteiger partial charge >= 0.3 is 6.09 Å². The maximum absolute atomic E-state index is 13.3. The molecule has 2 heterocycles. The van der Waals surface area contributed by atoms with Crippen molar-refractivity contribution >= 4 is 22.9 Å². The first-order valence-electron chi connectivity index (χ1n) is 12.5. The van der Waals surface area contributed by atoms with Gasteiger partial charge in [-0.2, -0.15) is 5.26 Å². The van der Waals surface area contributed by atoms with Gasteiger partial charge in [0, 0.05) is 36.4 Å². The quantitative estimate of drug-likeness (QED) is 0.586. The molecule has 0 radical (unpaired) electrons. The Morgan fingerprint density at radius 2 is 1.97 bits per heavy atom. The average molecular weight is 465 g/mol. The highest BCUT2D eigenvalue weighted by molar-refractivity contribution is 5.84. The molecule has 0 unspecified atom stereocenters. The van der Waals surface area contributed by atoms with E-state index in [-0.39, 0.29) is 30.6 Å². The number of amides is 2. The Morgan fingerprint density at radius 3 is 2.62 bits per heavy atom. The van der Waals surface area contributed by atoms with Crippen LogP contribution in [0.1, 0.15) is 71.1 Å². The van der Waals surface area contributed by atoms with Crippen LogP contribution in [0.25, 0.3) is 10.9 Å². The van der Waals surface area contributed by atoms with Crippen molar-refractivity contribution in [1.29, 1.82) is 5.26 Å². The fourth-order valence-corrected chi connectivity index (χ4v) is 5.03. The number of aromatic nitrogens is 1. The monoisotopic (exact) mass is 464 g/mol. The van der Waals surface area contributed by atoms with Crippen LogP contribution in [0.3, 0.4) is 0 Å². The first kappa shape index (κ1) is 24.1. The highest BCUT2D eigenvalue weighted by Gasteiger charge is 2.38. The van der Waals surface area contributed by atoms with Crippen LogP contribution in [-0.4, -0.2) is 57.1 Å². The minimum atomic E-state index is -0.574. The first-order chi connectivity index (χ1) is 16.2. The van der Waals surface area contributed by atoms with E-state index in [9.17, 15) is 14.9 Å². The largest absolute Gasteiger partial charge is 0.444 e. The summed E-state index contributed by atoms with van der Waals surface area (Å²) < 4.78 is 7.83. The molecule has 1 aliphatic heterocycles. The number of nitrogens with zero attached hydrogens (tertiary/aromatic N) is 4. The molecule has 4 rings (SSSR count). The zero-order valence-corrected chi connectivity index (χ0v) is 20.8. The molecular formula is C27H36N4O3. The maximum atomic E-state index is 13.3. The van der Waals surface area contributed by atoms with Crippen LogP contribution in [0.15, 0.2) is 24.3 Å². The molecular weight excluding hydrogens is 428 g/mol. The number of rotatable bonds is 7. The van der Waals surface area contributed by atoms with Crippen molar-refractivity contribution in [2.75, 3.05) is 13.1 Å². The van der Waals surface area contributed by atoms with Gasteiger partial charge in [-0.15, -0.1) is 0 Å². The van der Waals surface area contributed by atoms with Crippen molar-refractivity contribution < 1.29 is 14.3 Å². The lowest BCUT2D eigenvalue weighted by Gasteiger charge is -2.30. The van der Waals surface area contributed by atoms with E-state index in [1.807, 2.05) is 43.9 Å². The third-order valence-electron chi connectivity index (χ3n) is 6.79. The Hall–Kier alpha value is -3.01. The molecule has 182 valence electrons. The summed E-state index contributed by atoms with van der Waals surface area (Å²) in [6, 6.07) is 10.6. The van der Waals surface area contributed by atoms with Gasteiger partial charge < -0.3 is 14.2 Å². The molecule has 7 nitrogen and oxygen atoms in total. The number of benzene rings is 1. The maximum Gasteiger partial charge on any atom is 0.411 e. The van der Waals surface area contributed by atoms with Crippen LogP contribution in [0.4, 0.5) is 4.79 Å². The molecule has 2 fully saturated rings. The highest BCUT2D eigenvalue weighted by atomic mass is 16.6. The molecule has 0 N–H and O–H groups in total. The van der Waals surface area contributed by atoms with Crippen molar-refractivity contribution in [3.8, 4) is 6.07 Å². The van der Waals surface area contributed by atoms with Gasteiger partial charge in [0.05, 0.1) is 11.6 Å². The summed E-state index contributed by atoms with van der Waals surface area (Å²) >= 11 is 0. The lowest BCUT2D eigenvalue weighted by molar-refractivity contribution is -0.133. The first-order valence-corrected chi connectivity index (χ1v) is 12.5. The summed E-state index contributed by atoms with van der Waals surface area (Å²) in [6.07, 6.45) is 5.24. The lowest BCUT2D eigenvalue weighted by atomic mass is 10.1. The molecule has 1 saturated carbocycles. The Morgan fingerprint density at radius 1 is 1.21 bits per heavy atom. The van der Waals surface area contributed by atoms with Gasteiger partial charge in [-0.05, 0) is 89.8 Å². The molecule has 0 bridgehead atoms. The van der Waals surface area contributed by atoms with E-state index < -0.39 is 5.60 Å². The number of likely N-dealkylation sites (tertiary alicyclic amines) is 1. The zero-order valence-electron chi connectivity index (χ0n) is 20.8. The topological polar surface area (TPSA) is 78.6 Å². The Balaban J connectivity index is 1.42. The van der Waals surface area contributed by atoms with Crippen molar-refractivity contribution in [3.05, 3.63) is 35.5 Å². The summed E-state index contributed by atoms with van der Waals surface area (Å²) in [4.78, 5) is 29.6. The SMILES string of the molecule is CCn1c(CC[C@@H]2CCCN2C(=O)CN(C(=O)OC(C)(C)C)C2CC2)cc2ccc(C#N)cc21. The van der Waals surface area contributed by atoms with Gasteiger partial charge in [-0.1, -0.05) is 6.07 Å². The van der Waals surface area contributed by atoms with Crippen LogP contribution in [0, 0.1) is 11.3 Å². The van der Waals surface area contributed by atoms with E-state index in [4.69, 9.17) is 4.74 Å². The third-order valence-corrected chi connectivity index (χ3v) is 6.79. The van der Waals surface area contributed by atoms with Crippen molar-refractivity contribution in [2.45, 2.75) is 90.4 Å². The Labute approximate surface area is 202 Å². The smallest absolute Gasteiger partial charge is 0.411 e. The predicted molar refractivity (Wildman–Crippen MR) is 131 cm³/mol. The average Bonchev–Trinajstić information content (AvgIpc) is 3.40. The molecule has 7 heteroatoms. The predicted octanol–water partition coefficient (Wildman–Crippen LogP) is 4.86. The van der Waals surface area contributed by atoms with E-state index in [0.29, 0.717) is 5.56 Å². The number of hydrogen-bond donors (Lipinski definition) is 0. The van der Waals surface area contributed by atoms with Gasteiger partial charge in [0.25, 0.3) is 0 Å². The summed E-state index contributed by atoms with van der Waals surface area (Å²) in [5.41, 5.74) is 2.42. The molecule has 1 aromatic carbocycles. The second-order valence-electron chi connectivity index (χ2n) is 10.5. The number of aryl methyl sites for hydroxylation is 2. The van der Waals surface area contributed by atoms with E-state index in [2.05, 4.69) is 23.6 Å². The van der Waals surface area contributed by atoms with E-state index >= 15 is 0 Å². The molecule has 2 aromatic rings. The van der Waals surface area contributed by atoms with Gasteiger partial charge in [-0.3, -0.25) is 9.69 Å². The summed E-state index contributed by atoms with van der Waals surface area (Å²) in [7, 11) is 0. The third kappa shape index (κ3) is 5.38. The van der Waals surface area contributed by atoms with Gasteiger partial charge in [0.1, 0.15) is 12.1 Å². The van der Waals surface area contributed by atoms with Crippen LogP contribution < -0.4 is 0 Å². The minimum Gasteiger partial charge on any atom is -0.444 e. The van der Waals surface area contributed by atoms with Gasteiger partial charge in [0.15, 0.2) is 0 Å². The van der Waals surface area contributed by atoms with Gasteiger partial charge in [-0.25, -0.2) is 4.79 Å². The molecule has 34 heavy (non-hydrogen) atoms. The lowest BCUT2D eigenvalue weighted by Crippen LogP contribution is -2.47. The van der Waals surface area contributed by atoms with Gasteiger partial charge in [0.2, 0.25) is 5.91 Å². The Kier molecular flexibility index (Phi) is 6.88. The van der Waals surface area contributed by atoms with Crippen LogP contribution in [0.5, 0.6) is 0 Å². The fraction of sp³-hybridized carbons (Fsp3) is 0.593. The number of fused-ring (bicyclic) bond motifs is 1. The summed E-state index contributed by atoms with van der Waals surface area (Å²) in [5.74, 6) is 0.0231. The van der Waals surface area contributed by atoms with E-state index in [0.717, 1.165) is 62.5 Å². The highest BCUT2D eigenvalue weighted by Crippen LogP contribution is 2.30. The standard InChI is InChI=1S/C27H36N4O3/c1-5-29-23(16-20-9-8-19(17-28)15-24(20)29)13-12-21-7-6-14-30(21)25(32)18-31(22-10-11-22)26(33)34-27(2,3)4/h8-9,15-16,21-22H,5-7,10-14,18H2,1-4H3/t21-/m0/s1. The molecule has 1 atom stereocenters. The molecule has 1 aromatic heterocycles. The normalized spacial score (nSPS) is 18.2. The molecule has 1 aliphatic carbocycles. The molecule has 0 spiro atoms. The second-order valence-corrected chi connectivity index (χ2v) is 10.5. The Bertz CT molecular complexity index is 1100. The number of nitriles is 1. The van der Waals surface area contributed by atoms with Crippen molar-refractivity contribution in [2.24, 2.45) is 0 Å². The van der Waals surface area contributed by atoms with Crippen molar-refractivity contribution in [1.82, 2.24) is 14.4 Å². The van der Waals surface area contributed by atoms with Crippen LogP contribution in [0.2, 0.25) is 0 Å². The minimum absolute atomic E-state index is 0.0231. The van der Waals surface area contributed by atoms with E-state index in [1.54, 1.807) is 4.90 Å². The van der Waals surface area contributed by atoms with Crippen LogP contribution in [-0.2, 0) is 22.5 Å². The van der Waals surface area contributed by atoms with Crippen molar-refractivity contribution in [3.63, 3.8) is 0 Å². The second kappa shape index (κ2) is 9.69. The summed E-state index contributed by atoms with van der Waals surface area (Å²) in [6.45, 7) is 9.37. The van der Waals surface area contributed by atoms with Crippen LogP contribution >= 0.6 is 0 Å². The van der Waals surface area contributed by atoms with E-state index in [1.165, 1.54) is 5.69 Å². The molecule has 2 aliphatic rings. The summed E-state index contributed by atoms with van der Waals surface area (Å²) in [5, 5.41) is 10.4. The molecule has 2 amide bonds. The fourth-order valence-electron chi connectivity index (χ4n) is 5.03. The number of carbonyl (C=O) groups excluding carboxylic acids is 2. The number of ether oxygens (including phenoxy) is 1. The number of carbonyl (C=O) groups is 2. The molecule has 1 saturated heterocycles. The zero-order chi connectivity index (χ0) is 24.5. The number of hydrogen-bond acceptors (Lipinski definition) is 4.